The zero-order valence-electron chi connectivity index (χ0n) is 21.6. The van der Waals surface area contributed by atoms with Gasteiger partial charge in [0.25, 0.3) is 5.91 Å². The van der Waals surface area contributed by atoms with Crippen molar-refractivity contribution in [3.05, 3.63) is 82.7 Å². The van der Waals surface area contributed by atoms with Crippen LogP contribution in [0.15, 0.2) is 54.6 Å². The molecule has 1 amide bonds. The molecule has 0 saturated carbocycles. The molecule has 0 aliphatic carbocycles. The Balaban J connectivity index is 1.47. The second kappa shape index (κ2) is 10.1. The first kappa shape index (κ1) is 26.0. The number of likely N-dealkylation sites (N-methyl/N-ethyl adjacent to an activating group) is 1. The number of carbonyl (C=O) groups is 2. The van der Waals surface area contributed by atoms with Crippen LogP contribution in [0.25, 0.3) is 0 Å². The molecule has 0 fully saturated rings. The number of nitrogens with zero attached hydrogens (tertiary/aromatic N) is 1. The first-order valence-corrected chi connectivity index (χ1v) is 12.0. The van der Waals surface area contributed by atoms with Crippen LogP contribution in [-0.4, -0.2) is 43.3 Å². The third-order valence-corrected chi connectivity index (χ3v) is 6.63. The number of amides is 1. The molecule has 8 heteroatoms. The van der Waals surface area contributed by atoms with Gasteiger partial charge in [-0.05, 0) is 86.8 Å². The Bertz CT molecular complexity index is 1330. The summed E-state index contributed by atoms with van der Waals surface area (Å²) < 4.78 is 26.4. The van der Waals surface area contributed by atoms with Gasteiger partial charge >= 0.3 is 5.97 Å². The molecule has 0 spiro atoms. The van der Waals surface area contributed by atoms with E-state index in [0.29, 0.717) is 35.6 Å². The molecule has 37 heavy (non-hydrogen) atoms. The van der Waals surface area contributed by atoms with E-state index >= 15 is 0 Å². The Morgan fingerprint density at radius 3 is 2.49 bits per heavy atom. The standard InChI is InChI=1S/C29H31FN2O5/c1-17-10-22(36-16-23-15-32(5)24-8-6-7-9-25(24)37-23)11-18(2)26(17)27(33)31-21-13-19(12-20(30)14-21)29(3,4)28(34)35/h6-14,23H,15-16H2,1-5H3,(H,31,33)(H,34,35)/t23-/m0/s1. The summed E-state index contributed by atoms with van der Waals surface area (Å²) in [7, 11) is 2.01. The second-order valence-electron chi connectivity index (χ2n) is 9.94. The van der Waals surface area contributed by atoms with Crippen molar-refractivity contribution in [3.8, 4) is 11.5 Å². The number of aliphatic carboxylic acids is 1. The predicted octanol–water partition coefficient (Wildman–Crippen LogP) is 5.33. The number of nitrogens with one attached hydrogen (secondary N) is 1. The highest BCUT2D eigenvalue weighted by molar-refractivity contribution is 6.06. The maximum atomic E-state index is 14.3. The quantitative estimate of drug-likeness (QED) is 0.450. The molecule has 3 aromatic carbocycles. The van der Waals surface area contributed by atoms with E-state index in [9.17, 15) is 19.1 Å². The summed E-state index contributed by atoms with van der Waals surface area (Å²) in [6.07, 6.45) is -0.152. The number of carboxylic acids is 1. The Morgan fingerprint density at radius 2 is 1.81 bits per heavy atom. The monoisotopic (exact) mass is 506 g/mol. The van der Waals surface area contributed by atoms with Gasteiger partial charge in [-0.2, -0.15) is 0 Å². The van der Waals surface area contributed by atoms with E-state index in [1.165, 1.54) is 32.0 Å². The zero-order chi connectivity index (χ0) is 26.9. The van der Waals surface area contributed by atoms with E-state index in [1.54, 1.807) is 26.0 Å². The fourth-order valence-electron chi connectivity index (χ4n) is 4.47. The van der Waals surface area contributed by atoms with E-state index in [2.05, 4.69) is 10.2 Å². The maximum absolute atomic E-state index is 14.3. The van der Waals surface area contributed by atoms with Crippen LogP contribution in [0.1, 0.15) is 40.9 Å². The molecular formula is C29H31FN2O5. The van der Waals surface area contributed by atoms with Gasteiger partial charge in [-0.1, -0.05) is 12.1 Å². The number of ether oxygens (including phenoxy) is 2. The van der Waals surface area contributed by atoms with Crippen LogP contribution in [0, 0.1) is 19.7 Å². The van der Waals surface area contributed by atoms with Gasteiger partial charge in [0.2, 0.25) is 0 Å². The average molecular weight is 507 g/mol. The molecule has 194 valence electrons. The molecule has 0 aromatic heterocycles. The molecule has 3 aromatic rings. The number of para-hydroxylation sites is 2. The van der Waals surface area contributed by atoms with Gasteiger partial charge in [0.15, 0.2) is 0 Å². The highest BCUT2D eigenvalue weighted by Gasteiger charge is 2.30. The van der Waals surface area contributed by atoms with Gasteiger partial charge in [-0.25, -0.2) is 4.39 Å². The first-order chi connectivity index (χ1) is 17.5. The lowest BCUT2D eigenvalue weighted by Crippen LogP contribution is -2.41. The number of benzene rings is 3. The lowest BCUT2D eigenvalue weighted by molar-refractivity contribution is -0.142. The van der Waals surface area contributed by atoms with Crippen LogP contribution < -0.4 is 19.7 Å². The van der Waals surface area contributed by atoms with E-state index in [0.717, 1.165) is 11.4 Å². The molecule has 0 radical (unpaired) electrons. The van der Waals surface area contributed by atoms with Crippen molar-refractivity contribution in [3.63, 3.8) is 0 Å². The van der Waals surface area contributed by atoms with Gasteiger partial charge in [0.1, 0.15) is 30.0 Å². The van der Waals surface area contributed by atoms with Crippen LogP contribution in [0.5, 0.6) is 11.5 Å². The molecule has 4 rings (SSSR count). The summed E-state index contributed by atoms with van der Waals surface area (Å²) in [6.45, 7) is 7.61. The fourth-order valence-corrected chi connectivity index (χ4v) is 4.47. The molecule has 0 saturated heterocycles. The smallest absolute Gasteiger partial charge is 0.313 e. The van der Waals surface area contributed by atoms with Crippen LogP contribution >= 0.6 is 0 Å². The Hall–Kier alpha value is -4.07. The minimum absolute atomic E-state index is 0.152. The van der Waals surface area contributed by atoms with Crippen molar-refractivity contribution in [1.29, 1.82) is 0 Å². The molecule has 0 bridgehead atoms. The SMILES string of the molecule is Cc1cc(OC[C@@H]2CN(C)c3ccccc3O2)cc(C)c1C(=O)Nc1cc(F)cc(C(C)(C)C(=O)O)c1. The predicted molar refractivity (Wildman–Crippen MR) is 141 cm³/mol. The number of halogens is 1. The summed E-state index contributed by atoms with van der Waals surface area (Å²) >= 11 is 0. The zero-order valence-corrected chi connectivity index (χ0v) is 21.6. The number of rotatable bonds is 7. The maximum Gasteiger partial charge on any atom is 0.313 e. The highest BCUT2D eigenvalue weighted by atomic mass is 19.1. The molecule has 0 unspecified atom stereocenters. The summed E-state index contributed by atoms with van der Waals surface area (Å²) in [4.78, 5) is 26.8. The Kier molecular flexibility index (Phi) is 7.12. The summed E-state index contributed by atoms with van der Waals surface area (Å²) in [5, 5.41) is 12.2. The third kappa shape index (κ3) is 5.53. The number of fused-ring (bicyclic) bond motifs is 1. The number of hydrogen-bond donors (Lipinski definition) is 2. The van der Waals surface area contributed by atoms with Crippen LogP contribution in [0.3, 0.4) is 0 Å². The van der Waals surface area contributed by atoms with Crippen molar-refractivity contribution in [1.82, 2.24) is 0 Å². The van der Waals surface area contributed by atoms with Crippen LogP contribution in [0.4, 0.5) is 15.8 Å². The summed E-state index contributed by atoms with van der Waals surface area (Å²) in [5.74, 6) is -0.700. The second-order valence-corrected chi connectivity index (χ2v) is 9.94. The van der Waals surface area contributed by atoms with Crippen LogP contribution in [0.2, 0.25) is 0 Å². The van der Waals surface area contributed by atoms with E-state index in [-0.39, 0.29) is 17.4 Å². The molecule has 7 nitrogen and oxygen atoms in total. The molecule has 1 aliphatic rings. The Labute approximate surface area is 215 Å². The average Bonchev–Trinajstić information content (AvgIpc) is 2.82. The number of carboxylic acid groups (broad SMARTS) is 1. The number of hydrogen-bond acceptors (Lipinski definition) is 5. The van der Waals surface area contributed by atoms with Crippen LogP contribution in [-0.2, 0) is 10.2 Å². The van der Waals surface area contributed by atoms with Crippen molar-refractivity contribution in [2.45, 2.75) is 39.2 Å². The molecule has 1 aliphatic heterocycles. The first-order valence-electron chi connectivity index (χ1n) is 12.0. The lowest BCUT2D eigenvalue weighted by Gasteiger charge is -2.33. The van der Waals surface area contributed by atoms with Gasteiger partial charge in [-0.15, -0.1) is 0 Å². The highest BCUT2D eigenvalue weighted by Crippen LogP contribution is 2.32. The Morgan fingerprint density at radius 1 is 1.14 bits per heavy atom. The van der Waals surface area contributed by atoms with Crippen molar-refractivity contribution >= 4 is 23.3 Å². The number of aryl methyl sites for hydroxylation is 2. The molecule has 2 N–H and O–H groups in total. The summed E-state index contributed by atoms with van der Waals surface area (Å²) in [6, 6.07) is 15.2. The van der Waals surface area contributed by atoms with E-state index < -0.39 is 23.1 Å². The van der Waals surface area contributed by atoms with Gasteiger partial charge in [0.05, 0.1) is 17.6 Å². The van der Waals surface area contributed by atoms with Gasteiger partial charge in [-0.3, -0.25) is 9.59 Å². The van der Waals surface area contributed by atoms with Crippen molar-refractivity contribution < 1.29 is 28.6 Å². The molecule has 1 atom stereocenters. The third-order valence-electron chi connectivity index (χ3n) is 6.63. The topological polar surface area (TPSA) is 88.1 Å². The van der Waals surface area contributed by atoms with Crippen molar-refractivity contribution in [2.24, 2.45) is 0 Å². The number of anilines is 2. The molecular weight excluding hydrogens is 475 g/mol. The minimum atomic E-state index is -1.31. The normalized spacial score (nSPS) is 15.0. The molecule has 1 heterocycles. The van der Waals surface area contributed by atoms with Gasteiger partial charge in [0, 0.05) is 18.3 Å². The van der Waals surface area contributed by atoms with Gasteiger partial charge < -0.3 is 24.8 Å². The van der Waals surface area contributed by atoms with Crippen molar-refractivity contribution in [2.75, 3.05) is 30.4 Å². The number of carbonyl (C=O) groups excluding carboxylic acids is 1. The van der Waals surface area contributed by atoms with E-state index in [1.807, 2.05) is 31.3 Å². The lowest BCUT2D eigenvalue weighted by atomic mass is 9.84. The minimum Gasteiger partial charge on any atom is -0.490 e. The van der Waals surface area contributed by atoms with E-state index in [4.69, 9.17) is 9.47 Å². The fraction of sp³-hybridized carbons (Fsp3) is 0.310. The largest absolute Gasteiger partial charge is 0.490 e. The summed E-state index contributed by atoms with van der Waals surface area (Å²) in [5.41, 5.74) is 2.00.